The van der Waals surface area contributed by atoms with Crippen molar-refractivity contribution in [3.8, 4) is 0 Å². The van der Waals surface area contributed by atoms with Gasteiger partial charge in [-0.25, -0.2) is 0 Å². The van der Waals surface area contributed by atoms with Crippen LogP contribution in [0.4, 0.5) is 0 Å². The molecule has 0 spiro atoms. The number of carbonyl (C=O) groups is 1. The Morgan fingerprint density at radius 2 is 2.42 bits per heavy atom. The largest absolute Gasteiger partial charge is 0.382 e. The van der Waals surface area contributed by atoms with Crippen LogP contribution in [-0.2, 0) is 14.3 Å². The summed E-state index contributed by atoms with van der Waals surface area (Å²) < 4.78 is 10.3. The van der Waals surface area contributed by atoms with Gasteiger partial charge in [0.05, 0.1) is 18.6 Å². The average molecular weight is 193 g/mol. The van der Waals surface area contributed by atoms with Gasteiger partial charge in [-0.05, 0) is 12.8 Å². The maximum Gasteiger partial charge on any atom is 0.176 e. The van der Waals surface area contributed by atoms with E-state index in [1.807, 2.05) is 0 Å². The minimum absolute atomic E-state index is 0.0183. The fourth-order valence-electron chi connectivity index (χ4n) is 1.34. The summed E-state index contributed by atoms with van der Waals surface area (Å²) in [7, 11) is 1.63. The lowest BCUT2D eigenvalue weighted by molar-refractivity contribution is -0.128. The molecule has 1 saturated heterocycles. The van der Waals surface area contributed by atoms with E-state index in [9.17, 15) is 4.79 Å². The first-order chi connectivity index (χ1) is 5.77. The Morgan fingerprint density at radius 1 is 1.67 bits per heavy atom. The molecule has 3 nitrogen and oxygen atoms in total. The van der Waals surface area contributed by atoms with Crippen molar-refractivity contribution in [2.45, 2.75) is 25.0 Å². The number of hydrogen-bond donors (Lipinski definition) is 0. The number of hydrogen-bond acceptors (Lipinski definition) is 3. The van der Waals surface area contributed by atoms with Crippen molar-refractivity contribution >= 4 is 17.4 Å². The molecular formula is C8H13ClO3. The second kappa shape index (κ2) is 4.80. The SMILES string of the molecule is COC[C@H]1CC[C@@H](C(=O)CCl)O1. The summed E-state index contributed by atoms with van der Waals surface area (Å²) in [4.78, 5) is 11.1. The predicted octanol–water partition coefficient (Wildman–Crippen LogP) is 0.988. The van der Waals surface area contributed by atoms with Crippen LogP contribution in [0.3, 0.4) is 0 Å². The van der Waals surface area contributed by atoms with Gasteiger partial charge >= 0.3 is 0 Å². The summed E-state index contributed by atoms with van der Waals surface area (Å²) in [5.41, 5.74) is 0. The zero-order valence-corrected chi connectivity index (χ0v) is 7.84. The molecule has 0 aromatic carbocycles. The van der Waals surface area contributed by atoms with Gasteiger partial charge in [0.15, 0.2) is 5.78 Å². The fourth-order valence-corrected chi connectivity index (χ4v) is 1.51. The first kappa shape index (κ1) is 9.96. The number of rotatable bonds is 4. The number of ether oxygens (including phenoxy) is 2. The first-order valence-electron chi connectivity index (χ1n) is 4.01. The van der Waals surface area contributed by atoms with E-state index >= 15 is 0 Å². The summed E-state index contributed by atoms with van der Waals surface area (Å²) in [6.07, 6.45) is 1.45. The molecule has 0 bridgehead atoms. The van der Waals surface area contributed by atoms with Crippen LogP contribution < -0.4 is 0 Å². The Balaban J connectivity index is 2.30. The van der Waals surface area contributed by atoms with Gasteiger partial charge in [0.2, 0.25) is 0 Å². The molecule has 12 heavy (non-hydrogen) atoms. The van der Waals surface area contributed by atoms with Crippen LogP contribution in [0.2, 0.25) is 0 Å². The van der Waals surface area contributed by atoms with E-state index in [4.69, 9.17) is 21.1 Å². The van der Waals surface area contributed by atoms with Crippen molar-refractivity contribution in [2.24, 2.45) is 0 Å². The molecule has 70 valence electrons. The quantitative estimate of drug-likeness (QED) is 0.624. The second-order valence-electron chi connectivity index (χ2n) is 2.88. The zero-order valence-electron chi connectivity index (χ0n) is 7.09. The van der Waals surface area contributed by atoms with Crippen LogP contribution in [0.15, 0.2) is 0 Å². The highest BCUT2D eigenvalue weighted by molar-refractivity contribution is 6.28. The molecule has 1 aliphatic rings. The molecule has 0 unspecified atom stereocenters. The van der Waals surface area contributed by atoms with Gasteiger partial charge in [-0.15, -0.1) is 11.6 Å². The van der Waals surface area contributed by atoms with Gasteiger partial charge < -0.3 is 9.47 Å². The van der Waals surface area contributed by atoms with Gasteiger partial charge in [0.1, 0.15) is 6.10 Å². The van der Waals surface area contributed by atoms with Gasteiger partial charge in [-0.3, -0.25) is 4.79 Å². The lowest BCUT2D eigenvalue weighted by Gasteiger charge is -2.10. The molecule has 0 N–H and O–H groups in total. The van der Waals surface area contributed by atoms with Crippen molar-refractivity contribution in [2.75, 3.05) is 19.6 Å². The highest BCUT2D eigenvalue weighted by Gasteiger charge is 2.29. The molecule has 2 atom stereocenters. The Kier molecular flexibility index (Phi) is 3.98. The molecule has 0 amide bonds. The maximum absolute atomic E-state index is 11.1. The van der Waals surface area contributed by atoms with Crippen LogP contribution >= 0.6 is 11.6 Å². The van der Waals surface area contributed by atoms with E-state index < -0.39 is 0 Å². The molecule has 0 saturated carbocycles. The number of carbonyl (C=O) groups excluding carboxylic acids is 1. The molecule has 1 heterocycles. The van der Waals surface area contributed by atoms with Gasteiger partial charge in [0.25, 0.3) is 0 Å². The molecule has 0 radical (unpaired) electrons. The number of halogens is 1. The third-order valence-electron chi connectivity index (χ3n) is 1.95. The van der Waals surface area contributed by atoms with E-state index in [-0.39, 0.29) is 23.9 Å². The highest BCUT2D eigenvalue weighted by atomic mass is 35.5. The van der Waals surface area contributed by atoms with E-state index in [1.54, 1.807) is 7.11 Å². The highest BCUT2D eigenvalue weighted by Crippen LogP contribution is 2.20. The number of methoxy groups -OCH3 is 1. The number of Topliss-reactive ketones (excluding diaryl/α,β-unsaturated/α-hetero) is 1. The standard InChI is InChI=1S/C8H13ClO3/c1-11-5-6-2-3-8(12-6)7(10)4-9/h6,8H,2-5H2,1H3/t6-,8+/m1/s1. The maximum atomic E-state index is 11.1. The summed E-state index contributed by atoms with van der Waals surface area (Å²) >= 11 is 5.40. The third kappa shape index (κ3) is 2.44. The Morgan fingerprint density at radius 3 is 3.00 bits per heavy atom. The monoisotopic (exact) mass is 192 g/mol. The third-order valence-corrected chi connectivity index (χ3v) is 2.21. The van der Waals surface area contributed by atoms with Crippen LogP contribution in [0, 0.1) is 0 Å². The molecule has 0 aromatic heterocycles. The van der Waals surface area contributed by atoms with E-state index in [0.29, 0.717) is 6.61 Å². The van der Waals surface area contributed by atoms with Crippen LogP contribution in [0.5, 0.6) is 0 Å². The lowest BCUT2D eigenvalue weighted by Crippen LogP contribution is -2.23. The summed E-state index contributed by atoms with van der Waals surface area (Å²) in [6, 6.07) is 0. The molecule has 4 heteroatoms. The van der Waals surface area contributed by atoms with Crippen molar-refractivity contribution in [1.29, 1.82) is 0 Å². The van der Waals surface area contributed by atoms with E-state index in [2.05, 4.69) is 0 Å². The molecule has 0 aliphatic carbocycles. The summed E-state index contributed by atoms with van der Waals surface area (Å²) in [5.74, 6) is 0.0277. The number of ketones is 1. The van der Waals surface area contributed by atoms with Crippen LogP contribution in [-0.4, -0.2) is 37.6 Å². The fraction of sp³-hybridized carbons (Fsp3) is 0.875. The average Bonchev–Trinajstić information content (AvgIpc) is 2.52. The van der Waals surface area contributed by atoms with Gasteiger partial charge in [0, 0.05) is 7.11 Å². The molecule has 1 aliphatic heterocycles. The van der Waals surface area contributed by atoms with Crippen molar-refractivity contribution < 1.29 is 14.3 Å². The molecule has 1 fully saturated rings. The summed E-state index contributed by atoms with van der Waals surface area (Å²) in [6.45, 7) is 0.562. The molecule has 1 rings (SSSR count). The minimum atomic E-state index is -0.289. The zero-order chi connectivity index (χ0) is 8.97. The predicted molar refractivity (Wildman–Crippen MR) is 45.5 cm³/mol. The van der Waals surface area contributed by atoms with Crippen molar-refractivity contribution in [3.63, 3.8) is 0 Å². The smallest absolute Gasteiger partial charge is 0.176 e. The van der Waals surface area contributed by atoms with E-state index in [0.717, 1.165) is 12.8 Å². The van der Waals surface area contributed by atoms with Gasteiger partial charge in [-0.1, -0.05) is 0 Å². The lowest BCUT2D eigenvalue weighted by atomic mass is 10.1. The van der Waals surface area contributed by atoms with Crippen LogP contribution in [0.1, 0.15) is 12.8 Å². The van der Waals surface area contributed by atoms with Crippen LogP contribution in [0.25, 0.3) is 0 Å². The van der Waals surface area contributed by atoms with Gasteiger partial charge in [-0.2, -0.15) is 0 Å². The van der Waals surface area contributed by atoms with Crippen molar-refractivity contribution in [1.82, 2.24) is 0 Å². The molecular weight excluding hydrogens is 180 g/mol. The summed E-state index contributed by atoms with van der Waals surface area (Å²) in [5, 5.41) is 0. The topological polar surface area (TPSA) is 35.5 Å². The van der Waals surface area contributed by atoms with E-state index in [1.165, 1.54) is 0 Å². The normalized spacial score (nSPS) is 29.2. The Bertz CT molecular complexity index is 160. The first-order valence-corrected chi connectivity index (χ1v) is 4.54. The second-order valence-corrected chi connectivity index (χ2v) is 3.15. The number of alkyl halides is 1. The van der Waals surface area contributed by atoms with Crippen molar-refractivity contribution in [3.05, 3.63) is 0 Å². The Labute approximate surface area is 77.0 Å². The minimum Gasteiger partial charge on any atom is -0.382 e. The molecule has 0 aromatic rings. The Hall–Kier alpha value is -0.120.